The van der Waals surface area contributed by atoms with Gasteiger partial charge in [0.05, 0.1) is 0 Å². The molecule has 3 aliphatic rings. The summed E-state index contributed by atoms with van der Waals surface area (Å²) in [5, 5.41) is 0. The smallest absolute Gasteiger partial charge is 0.0123 e. The molecule has 0 aromatic heterocycles. The number of benzene rings is 2. The summed E-state index contributed by atoms with van der Waals surface area (Å²) in [6.07, 6.45) is 16.0. The van der Waals surface area contributed by atoms with E-state index in [1.54, 1.807) is 11.1 Å². The lowest BCUT2D eigenvalue weighted by atomic mass is 9.61. The minimum absolute atomic E-state index is 0.359. The predicted octanol–water partition coefficient (Wildman–Crippen LogP) is 11.4. The molecular formula is C41H48. The monoisotopic (exact) mass is 540 g/mol. The van der Waals surface area contributed by atoms with Gasteiger partial charge in [0, 0.05) is 11.8 Å². The molecular weight excluding hydrogens is 492 g/mol. The van der Waals surface area contributed by atoms with Crippen LogP contribution in [-0.4, -0.2) is 0 Å². The first kappa shape index (κ1) is 29.1. The third-order valence-electron chi connectivity index (χ3n) is 9.77. The van der Waals surface area contributed by atoms with Crippen molar-refractivity contribution < 1.29 is 0 Å². The number of fused-ring (bicyclic) bond motifs is 1. The summed E-state index contributed by atoms with van der Waals surface area (Å²) in [4.78, 5) is 0. The van der Waals surface area contributed by atoms with Crippen molar-refractivity contribution in [3.63, 3.8) is 0 Å². The summed E-state index contributed by atoms with van der Waals surface area (Å²) in [5.74, 6) is 1.69. The van der Waals surface area contributed by atoms with E-state index in [1.807, 2.05) is 0 Å². The zero-order chi connectivity index (χ0) is 29.3. The van der Waals surface area contributed by atoms with Crippen LogP contribution in [0.25, 0.3) is 11.1 Å². The van der Waals surface area contributed by atoms with Gasteiger partial charge in [0.2, 0.25) is 0 Å². The van der Waals surface area contributed by atoms with Gasteiger partial charge in [0.1, 0.15) is 0 Å². The zero-order valence-corrected chi connectivity index (χ0v) is 26.0. The van der Waals surface area contributed by atoms with Crippen LogP contribution in [0.2, 0.25) is 0 Å². The van der Waals surface area contributed by atoms with Crippen molar-refractivity contribution >= 4 is 11.1 Å². The summed E-state index contributed by atoms with van der Waals surface area (Å²) >= 11 is 0. The Bertz CT molecular complexity index is 1480. The number of hydrogen-bond donors (Lipinski definition) is 0. The van der Waals surface area contributed by atoms with E-state index in [1.165, 1.54) is 50.1 Å². The summed E-state index contributed by atoms with van der Waals surface area (Å²) in [6, 6.07) is 16.1. The van der Waals surface area contributed by atoms with E-state index in [-0.39, 0.29) is 0 Å². The number of hydrogen-bond acceptors (Lipinski definition) is 0. The lowest BCUT2D eigenvalue weighted by Gasteiger charge is -2.42. The number of allylic oxidation sites excluding steroid dienone is 11. The molecule has 0 saturated heterocycles. The zero-order valence-electron chi connectivity index (χ0n) is 26.0. The van der Waals surface area contributed by atoms with Gasteiger partial charge < -0.3 is 0 Å². The molecule has 4 atom stereocenters. The molecule has 2 aromatic rings. The van der Waals surface area contributed by atoms with E-state index in [0.717, 1.165) is 44.1 Å². The molecule has 0 bridgehead atoms. The normalized spacial score (nSPS) is 24.7. The molecule has 0 heterocycles. The molecule has 1 fully saturated rings. The first-order valence-electron chi connectivity index (χ1n) is 15.8. The molecule has 0 spiro atoms. The van der Waals surface area contributed by atoms with Crippen molar-refractivity contribution in [2.75, 3.05) is 0 Å². The number of aryl methyl sites for hydroxylation is 2. The fourth-order valence-corrected chi connectivity index (χ4v) is 7.61. The van der Waals surface area contributed by atoms with E-state index in [2.05, 4.69) is 108 Å². The molecule has 0 N–H and O–H groups in total. The SMILES string of the molecule is C=C(C)c1ccc(C2=CC=C(C=C3CC4=CC(C)C(C(=C)CCC)C(c5cc(CC)ccc5CC)C4C3=C)C2)cc1. The highest BCUT2D eigenvalue weighted by Crippen LogP contribution is 2.57. The van der Waals surface area contributed by atoms with Crippen molar-refractivity contribution in [1.29, 1.82) is 0 Å². The van der Waals surface area contributed by atoms with Gasteiger partial charge in [-0.25, -0.2) is 0 Å². The minimum Gasteiger partial charge on any atom is -0.0995 e. The van der Waals surface area contributed by atoms with Crippen LogP contribution in [0.3, 0.4) is 0 Å². The van der Waals surface area contributed by atoms with E-state index in [4.69, 9.17) is 13.2 Å². The molecule has 41 heavy (non-hydrogen) atoms. The highest BCUT2D eigenvalue weighted by atomic mass is 14.5. The maximum Gasteiger partial charge on any atom is 0.0123 e. The number of rotatable bonds is 9. The van der Waals surface area contributed by atoms with Crippen molar-refractivity contribution in [2.24, 2.45) is 17.8 Å². The topological polar surface area (TPSA) is 0 Å². The molecule has 0 nitrogen and oxygen atoms in total. The Labute approximate surface area is 249 Å². The van der Waals surface area contributed by atoms with Crippen molar-refractivity contribution in [2.45, 2.75) is 79.1 Å². The lowest BCUT2D eigenvalue weighted by molar-refractivity contribution is 0.321. The quantitative estimate of drug-likeness (QED) is 0.277. The van der Waals surface area contributed by atoms with Crippen LogP contribution in [-0.2, 0) is 12.8 Å². The Morgan fingerprint density at radius 3 is 2.37 bits per heavy atom. The lowest BCUT2D eigenvalue weighted by Crippen LogP contribution is -2.32. The van der Waals surface area contributed by atoms with Gasteiger partial charge >= 0.3 is 0 Å². The first-order chi connectivity index (χ1) is 19.7. The van der Waals surface area contributed by atoms with Gasteiger partial charge in [-0.2, -0.15) is 0 Å². The van der Waals surface area contributed by atoms with Crippen LogP contribution in [0.1, 0.15) is 94.0 Å². The Balaban J connectivity index is 1.46. The standard InChI is InChI=1S/C41H48/c1-9-12-27(6)39-28(7)21-37-25-36(23-31-14-16-35(22-31)34-19-17-33(18-20-34)26(4)5)29(8)40(37)41(39)38-24-30(10-2)13-15-32(38)11-3/h13-21,23-24,28,39-41H,4,6,8-12,22,25H2,1-3,5,7H3. The highest BCUT2D eigenvalue weighted by Gasteiger charge is 2.45. The van der Waals surface area contributed by atoms with Crippen LogP contribution >= 0.6 is 0 Å². The second kappa shape index (κ2) is 12.2. The predicted molar refractivity (Wildman–Crippen MR) is 180 cm³/mol. The van der Waals surface area contributed by atoms with E-state index < -0.39 is 0 Å². The fourth-order valence-electron chi connectivity index (χ4n) is 7.61. The van der Waals surface area contributed by atoms with Gasteiger partial charge in [-0.15, -0.1) is 0 Å². The van der Waals surface area contributed by atoms with Crippen molar-refractivity contribution in [1.82, 2.24) is 0 Å². The average molecular weight is 541 g/mol. The second-order valence-electron chi connectivity index (χ2n) is 12.6. The van der Waals surface area contributed by atoms with Crippen LogP contribution in [0.4, 0.5) is 0 Å². The minimum atomic E-state index is 0.359. The van der Waals surface area contributed by atoms with Crippen molar-refractivity contribution in [3.05, 3.63) is 142 Å². The fraction of sp³-hybridized carbons (Fsp3) is 0.366. The Kier molecular flexibility index (Phi) is 8.69. The van der Waals surface area contributed by atoms with Gasteiger partial charge in [-0.3, -0.25) is 0 Å². The van der Waals surface area contributed by atoms with Crippen LogP contribution in [0.15, 0.2) is 114 Å². The van der Waals surface area contributed by atoms with E-state index >= 15 is 0 Å². The maximum absolute atomic E-state index is 4.81. The molecule has 0 heteroatoms. The van der Waals surface area contributed by atoms with Gasteiger partial charge in [-0.1, -0.05) is 137 Å². The van der Waals surface area contributed by atoms with E-state index in [9.17, 15) is 0 Å². The molecule has 1 saturated carbocycles. The molecule has 212 valence electrons. The molecule has 3 aliphatic carbocycles. The Morgan fingerprint density at radius 2 is 1.71 bits per heavy atom. The first-order valence-corrected chi connectivity index (χ1v) is 15.8. The summed E-state index contributed by atoms with van der Waals surface area (Å²) in [6.45, 7) is 24.9. The van der Waals surface area contributed by atoms with Gasteiger partial charge in [-0.05, 0) is 101 Å². The second-order valence-corrected chi connectivity index (χ2v) is 12.6. The third kappa shape index (κ3) is 5.72. The van der Waals surface area contributed by atoms with Crippen LogP contribution < -0.4 is 0 Å². The Hall–Kier alpha value is -3.38. The molecule has 0 amide bonds. The van der Waals surface area contributed by atoms with E-state index in [0.29, 0.717) is 23.7 Å². The van der Waals surface area contributed by atoms with Gasteiger partial charge in [0.15, 0.2) is 0 Å². The summed E-state index contributed by atoms with van der Waals surface area (Å²) in [7, 11) is 0. The van der Waals surface area contributed by atoms with Crippen LogP contribution in [0.5, 0.6) is 0 Å². The van der Waals surface area contributed by atoms with Crippen molar-refractivity contribution in [3.8, 4) is 0 Å². The largest absolute Gasteiger partial charge is 0.0995 e. The maximum atomic E-state index is 4.81. The van der Waals surface area contributed by atoms with Crippen LogP contribution in [0, 0.1) is 17.8 Å². The summed E-state index contributed by atoms with van der Waals surface area (Å²) in [5.41, 5.74) is 16.6. The summed E-state index contributed by atoms with van der Waals surface area (Å²) < 4.78 is 0. The Morgan fingerprint density at radius 1 is 0.951 bits per heavy atom. The molecule has 5 rings (SSSR count). The third-order valence-corrected chi connectivity index (χ3v) is 9.77. The average Bonchev–Trinajstić information content (AvgIpc) is 3.56. The molecule has 4 unspecified atom stereocenters. The van der Waals surface area contributed by atoms with Gasteiger partial charge in [0.25, 0.3) is 0 Å². The molecule has 0 aliphatic heterocycles. The molecule has 0 radical (unpaired) electrons. The molecule has 2 aromatic carbocycles. The highest BCUT2D eigenvalue weighted by molar-refractivity contribution is 5.75.